The molecular weight excluding hydrogens is 212 g/mol. The van der Waals surface area contributed by atoms with Crippen LogP contribution in [0.4, 0.5) is 0 Å². The molecule has 2 N–H and O–H groups in total. The minimum Gasteiger partial charge on any atom is -0.504 e. The lowest BCUT2D eigenvalue weighted by atomic mass is 9.95. The molecule has 5 heteroatoms. The van der Waals surface area contributed by atoms with Crippen LogP contribution in [0.3, 0.4) is 0 Å². The van der Waals surface area contributed by atoms with Crippen molar-refractivity contribution in [3.63, 3.8) is 0 Å². The molecule has 0 aliphatic carbocycles. The van der Waals surface area contributed by atoms with Crippen LogP contribution in [0.1, 0.15) is 28.8 Å². The van der Waals surface area contributed by atoms with Crippen molar-refractivity contribution >= 4 is 12.3 Å². The monoisotopic (exact) mass is 224 g/mol. The summed E-state index contributed by atoms with van der Waals surface area (Å²) in [7, 11) is 1.35. The van der Waals surface area contributed by atoms with Crippen LogP contribution >= 0.6 is 0 Å². The van der Waals surface area contributed by atoms with Crippen LogP contribution in [-0.2, 0) is 4.79 Å². The zero-order chi connectivity index (χ0) is 12.3. The first-order chi connectivity index (χ1) is 7.51. The maximum atomic E-state index is 10.8. The predicted octanol–water partition coefficient (Wildman–Crippen LogP) is 1.40. The van der Waals surface area contributed by atoms with Gasteiger partial charge in [-0.15, -0.1) is 0 Å². The summed E-state index contributed by atoms with van der Waals surface area (Å²) in [5.41, 5.74) is 0.463. The number of phenols is 1. The van der Waals surface area contributed by atoms with E-state index in [0.717, 1.165) is 0 Å². The Kier molecular flexibility index (Phi) is 3.50. The van der Waals surface area contributed by atoms with Crippen LogP contribution < -0.4 is 4.74 Å². The van der Waals surface area contributed by atoms with Gasteiger partial charge in [0.2, 0.25) is 0 Å². The molecular formula is C11H12O5. The van der Waals surface area contributed by atoms with Gasteiger partial charge in [-0.1, -0.05) is 0 Å². The Labute approximate surface area is 92.3 Å². The van der Waals surface area contributed by atoms with E-state index >= 15 is 0 Å². The lowest BCUT2D eigenvalue weighted by Gasteiger charge is -2.12. The van der Waals surface area contributed by atoms with E-state index in [-0.39, 0.29) is 22.6 Å². The summed E-state index contributed by atoms with van der Waals surface area (Å²) in [6.07, 6.45) is 0.538. The summed E-state index contributed by atoms with van der Waals surface area (Å²) in [5.74, 6) is -1.97. The summed E-state index contributed by atoms with van der Waals surface area (Å²) < 4.78 is 4.83. The third-order valence-electron chi connectivity index (χ3n) is 2.35. The Morgan fingerprint density at radius 3 is 2.56 bits per heavy atom. The summed E-state index contributed by atoms with van der Waals surface area (Å²) >= 11 is 0. The molecule has 0 radical (unpaired) electrons. The third-order valence-corrected chi connectivity index (χ3v) is 2.35. The van der Waals surface area contributed by atoms with Gasteiger partial charge in [0, 0.05) is 5.56 Å². The molecule has 86 valence electrons. The van der Waals surface area contributed by atoms with E-state index in [9.17, 15) is 14.7 Å². The average Bonchev–Trinajstić information content (AvgIpc) is 2.27. The molecule has 0 aromatic heterocycles. The molecule has 0 spiro atoms. The van der Waals surface area contributed by atoms with Gasteiger partial charge < -0.3 is 14.9 Å². The smallest absolute Gasteiger partial charge is 0.310 e. The highest BCUT2D eigenvalue weighted by atomic mass is 16.5. The van der Waals surface area contributed by atoms with Gasteiger partial charge >= 0.3 is 5.97 Å². The van der Waals surface area contributed by atoms with Gasteiger partial charge in [-0.05, 0) is 24.6 Å². The molecule has 1 rings (SSSR count). The van der Waals surface area contributed by atoms with Crippen molar-refractivity contribution in [2.24, 2.45) is 0 Å². The van der Waals surface area contributed by atoms with Crippen LogP contribution in [0.2, 0.25) is 0 Å². The van der Waals surface area contributed by atoms with Crippen molar-refractivity contribution < 1.29 is 24.5 Å². The fourth-order valence-corrected chi connectivity index (χ4v) is 1.37. The predicted molar refractivity (Wildman–Crippen MR) is 56.1 cm³/mol. The van der Waals surface area contributed by atoms with Crippen LogP contribution in [0.25, 0.3) is 0 Å². The molecule has 1 aromatic carbocycles. The zero-order valence-corrected chi connectivity index (χ0v) is 8.93. The van der Waals surface area contributed by atoms with Gasteiger partial charge in [0.25, 0.3) is 0 Å². The number of phenolic OH excluding ortho intramolecular Hbond substituents is 1. The molecule has 0 saturated carbocycles. The number of carboxylic acids is 1. The number of methoxy groups -OCH3 is 1. The molecule has 0 aliphatic rings. The Bertz CT molecular complexity index is 425. The molecule has 0 amide bonds. The summed E-state index contributed by atoms with van der Waals surface area (Å²) in [6.45, 7) is 1.44. The maximum absolute atomic E-state index is 10.8. The van der Waals surface area contributed by atoms with Crippen LogP contribution in [0.5, 0.6) is 11.5 Å². The van der Waals surface area contributed by atoms with E-state index < -0.39 is 11.9 Å². The van der Waals surface area contributed by atoms with Crippen LogP contribution in [0.15, 0.2) is 12.1 Å². The number of aromatic hydroxyl groups is 1. The highest BCUT2D eigenvalue weighted by Crippen LogP contribution is 2.32. The number of carbonyl (C=O) groups excluding carboxylic acids is 1. The molecule has 1 unspecified atom stereocenters. The van der Waals surface area contributed by atoms with Gasteiger partial charge in [0.1, 0.15) is 6.29 Å². The van der Waals surface area contributed by atoms with Gasteiger partial charge in [-0.25, -0.2) is 0 Å². The fraction of sp³-hybridized carbons (Fsp3) is 0.273. The largest absolute Gasteiger partial charge is 0.504 e. The molecule has 16 heavy (non-hydrogen) atoms. The number of hydrogen-bond acceptors (Lipinski definition) is 4. The number of aldehydes is 1. The van der Waals surface area contributed by atoms with Gasteiger partial charge in [0.05, 0.1) is 13.0 Å². The van der Waals surface area contributed by atoms with Gasteiger partial charge in [-0.3, -0.25) is 9.59 Å². The first-order valence-electron chi connectivity index (χ1n) is 4.60. The minimum absolute atomic E-state index is 0.142. The Morgan fingerprint density at radius 2 is 2.12 bits per heavy atom. The van der Waals surface area contributed by atoms with E-state index in [0.29, 0.717) is 6.29 Å². The topological polar surface area (TPSA) is 83.8 Å². The third kappa shape index (κ3) is 2.13. The van der Waals surface area contributed by atoms with E-state index in [1.54, 1.807) is 0 Å². The van der Waals surface area contributed by atoms with Crippen LogP contribution in [0, 0.1) is 0 Å². The molecule has 0 aliphatic heterocycles. The first kappa shape index (κ1) is 12.0. The number of benzene rings is 1. The van der Waals surface area contributed by atoms with Crippen molar-refractivity contribution in [2.45, 2.75) is 12.8 Å². The second kappa shape index (κ2) is 4.65. The normalized spacial score (nSPS) is 11.9. The first-order valence-corrected chi connectivity index (χ1v) is 4.60. The van der Waals surface area contributed by atoms with Gasteiger partial charge in [-0.2, -0.15) is 0 Å². The lowest BCUT2D eigenvalue weighted by molar-refractivity contribution is -0.138. The molecule has 0 bridgehead atoms. The van der Waals surface area contributed by atoms with Crippen molar-refractivity contribution in [1.29, 1.82) is 0 Å². The minimum atomic E-state index is -1.06. The number of carboxylic acid groups (broad SMARTS) is 1. The van der Waals surface area contributed by atoms with E-state index in [1.165, 1.54) is 26.2 Å². The fourth-order valence-electron chi connectivity index (χ4n) is 1.37. The SMILES string of the molecule is COc1cc(C=O)c(C(C)C(=O)O)cc1O. The molecule has 1 aromatic rings. The quantitative estimate of drug-likeness (QED) is 0.755. The summed E-state index contributed by atoms with van der Waals surface area (Å²) in [6, 6.07) is 2.55. The zero-order valence-electron chi connectivity index (χ0n) is 8.93. The molecule has 1 atom stereocenters. The second-order valence-corrected chi connectivity index (χ2v) is 3.33. The molecule has 5 nitrogen and oxygen atoms in total. The number of carbonyl (C=O) groups is 2. The van der Waals surface area contributed by atoms with Crippen LogP contribution in [-0.4, -0.2) is 29.6 Å². The average molecular weight is 224 g/mol. The number of rotatable bonds is 4. The highest BCUT2D eigenvalue weighted by molar-refractivity contribution is 5.85. The van der Waals surface area contributed by atoms with E-state index in [4.69, 9.17) is 9.84 Å². The molecule has 0 saturated heterocycles. The van der Waals surface area contributed by atoms with Crippen molar-refractivity contribution in [2.75, 3.05) is 7.11 Å². The second-order valence-electron chi connectivity index (χ2n) is 3.33. The lowest BCUT2D eigenvalue weighted by Crippen LogP contribution is -2.10. The van der Waals surface area contributed by atoms with E-state index in [2.05, 4.69) is 0 Å². The van der Waals surface area contributed by atoms with Gasteiger partial charge in [0.15, 0.2) is 11.5 Å². The van der Waals surface area contributed by atoms with Crippen molar-refractivity contribution in [3.8, 4) is 11.5 Å². The van der Waals surface area contributed by atoms with E-state index in [1.807, 2.05) is 0 Å². The Morgan fingerprint density at radius 1 is 1.50 bits per heavy atom. The number of ether oxygens (including phenoxy) is 1. The Balaban J connectivity index is 3.33. The van der Waals surface area contributed by atoms with Crippen molar-refractivity contribution in [1.82, 2.24) is 0 Å². The summed E-state index contributed by atoms with van der Waals surface area (Å²) in [5, 5.41) is 18.4. The Hall–Kier alpha value is -2.04. The molecule has 0 heterocycles. The summed E-state index contributed by atoms with van der Waals surface area (Å²) in [4.78, 5) is 21.6. The maximum Gasteiger partial charge on any atom is 0.310 e. The number of hydrogen-bond donors (Lipinski definition) is 2. The standard InChI is InChI=1S/C11H12O5/c1-6(11(14)15)8-4-9(13)10(16-2)3-7(8)5-12/h3-6,13H,1-2H3,(H,14,15). The number of aliphatic carboxylic acids is 1. The molecule has 0 fully saturated rings. The van der Waals surface area contributed by atoms with Crippen molar-refractivity contribution in [3.05, 3.63) is 23.3 Å². The highest BCUT2D eigenvalue weighted by Gasteiger charge is 2.19.